The molecule has 106 valence electrons. The molecule has 1 N–H and O–H groups in total. The minimum atomic E-state index is 0.218. The van der Waals surface area contributed by atoms with Crippen LogP contribution < -0.4 is 0 Å². The van der Waals surface area contributed by atoms with E-state index in [9.17, 15) is 0 Å². The molecule has 0 amide bonds. The number of rotatable bonds is 3. The SMILES string of the molecule is CCc1nn(C)c2c1[nH]c(=S)n2C(C)c1ccc(C)s1. The molecule has 0 aliphatic carbocycles. The summed E-state index contributed by atoms with van der Waals surface area (Å²) in [6.07, 6.45) is 0.902. The fourth-order valence-corrected chi connectivity index (χ4v) is 3.92. The first-order valence-corrected chi connectivity index (χ1v) is 7.97. The third-order valence-corrected chi connectivity index (χ3v) is 5.13. The number of hydrogen-bond acceptors (Lipinski definition) is 3. The molecule has 1 unspecified atom stereocenters. The zero-order chi connectivity index (χ0) is 14.4. The van der Waals surface area contributed by atoms with Crippen molar-refractivity contribution < 1.29 is 0 Å². The monoisotopic (exact) mass is 306 g/mol. The van der Waals surface area contributed by atoms with E-state index < -0.39 is 0 Å². The number of nitrogens with zero attached hydrogens (tertiary/aromatic N) is 3. The molecule has 0 saturated carbocycles. The van der Waals surface area contributed by atoms with Crippen molar-refractivity contribution in [2.24, 2.45) is 7.05 Å². The molecular formula is C14H18N4S2. The van der Waals surface area contributed by atoms with Gasteiger partial charge in [-0.25, -0.2) is 0 Å². The van der Waals surface area contributed by atoms with Crippen molar-refractivity contribution in [1.82, 2.24) is 19.3 Å². The fourth-order valence-electron chi connectivity index (χ4n) is 2.65. The number of imidazole rings is 1. The molecule has 0 bridgehead atoms. The van der Waals surface area contributed by atoms with Crippen LogP contribution in [-0.2, 0) is 13.5 Å². The molecule has 4 nitrogen and oxygen atoms in total. The van der Waals surface area contributed by atoms with Crippen LogP contribution in [-0.4, -0.2) is 19.3 Å². The Morgan fingerprint density at radius 1 is 1.45 bits per heavy atom. The lowest BCUT2D eigenvalue weighted by molar-refractivity contribution is 0.628. The van der Waals surface area contributed by atoms with Gasteiger partial charge < -0.3 is 4.98 Å². The number of hydrogen-bond donors (Lipinski definition) is 1. The molecule has 3 aromatic rings. The van der Waals surface area contributed by atoms with Gasteiger partial charge in [-0.3, -0.25) is 9.25 Å². The lowest BCUT2D eigenvalue weighted by atomic mass is 10.2. The maximum absolute atomic E-state index is 5.53. The summed E-state index contributed by atoms with van der Waals surface area (Å²) in [5.74, 6) is 0. The van der Waals surface area contributed by atoms with Crippen LogP contribution in [0.3, 0.4) is 0 Å². The van der Waals surface area contributed by atoms with Crippen LogP contribution in [0.5, 0.6) is 0 Å². The van der Waals surface area contributed by atoms with Crippen molar-refractivity contribution in [3.05, 3.63) is 32.4 Å². The first kappa shape index (κ1) is 13.6. The minimum absolute atomic E-state index is 0.218. The largest absolute Gasteiger partial charge is 0.328 e. The molecule has 0 fully saturated rings. The second-order valence-electron chi connectivity index (χ2n) is 5.05. The topological polar surface area (TPSA) is 38.5 Å². The molecule has 20 heavy (non-hydrogen) atoms. The quantitative estimate of drug-likeness (QED) is 0.744. The average Bonchev–Trinajstić information content (AvgIpc) is 3.05. The van der Waals surface area contributed by atoms with Gasteiger partial charge in [-0.05, 0) is 44.6 Å². The highest BCUT2D eigenvalue weighted by Crippen LogP contribution is 2.29. The molecule has 0 aromatic carbocycles. The highest BCUT2D eigenvalue weighted by atomic mass is 32.1. The summed E-state index contributed by atoms with van der Waals surface area (Å²) in [5.41, 5.74) is 3.22. The van der Waals surface area contributed by atoms with Gasteiger partial charge in [0.2, 0.25) is 0 Å². The van der Waals surface area contributed by atoms with Crippen LogP contribution in [0.15, 0.2) is 12.1 Å². The summed E-state index contributed by atoms with van der Waals surface area (Å²) in [4.78, 5) is 5.97. The molecule has 3 rings (SSSR count). The van der Waals surface area contributed by atoms with Gasteiger partial charge in [0, 0.05) is 16.8 Å². The molecule has 6 heteroatoms. The summed E-state index contributed by atoms with van der Waals surface area (Å²) in [6.45, 7) is 6.43. The number of nitrogens with one attached hydrogen (secondary N) is 1. The van der Waals surface area contributed by atoms with Crippen LogP contribution in [0.4, 0.5) is 0 Å². The predicted molar refractivity (Wildman–Crippen MR) is 86.1 cm³/mol. The van der Waals surface area contributed by atoms with Gasteiger partial charge in [0.25, 0.3) is 0 Å². The van der Waals surface area contributed by atoms with Crippen molar-refractivity contribution >= 4 is 34.7 Å². The van der Waals surface area contributed by atoms with E-state index in [1.165, 1.54) is 9.75 Å². The Hall–Kier alpha value is -1.40. The first-order valence-electron chi connectivity index (χ1n) is 6.75. The molecule has 0 aliphatic heterocycles. The molecule has 0 saturated heterocycles. The zero-order valence-corrected chi connectivity index (χ0v) is 13.7. The number of thiophene rings is 1. The van der Waals surface area contributed by atoms with Crippen LogP contribution in [0.25, 0.3) is 11.2 Å². The summed E-state index contributed by atoms with van der Waals surface area (Å²) in [5, 5.41) is 4.57. The third-order valence-electron chi connectivity index (χ3n) is 3.66. The molecule has 3 aromatic heterocycles. The normalized spacial score (nSPS) is 13.2. The molecule has 0 aliphatic rings. The Kier molecular flexibility index (Phi) is 3.30. The number of H-pyrrole nitrogens is 1. The van der Waals surface area contributed by atoms with Crippen LogP contribution in [0.1, 0.15) is 35.3 Å². The second kappa shape index (κ2) is 4.86. The number of fused-ring (bicyclic) bond motifs is 1. The number of aromatic amines is 1. The van der Waals surface area contributed by atoms with E-state index in [1.54, 1.807) is 0 Å². The van der Waals surface area contributed by atoms with Crippen molar-refractivity contribution in [3.63, 3.8) is 0 Å². The van der Waals surface area contributed by atoms with Crippen molar-refractivity contribution in [1.29, 1.82) is 0 Å². The Morgan fingerprint density at radius 3 is 2.80 bits per heavy atom. The van der Waals surface area contributed by atoms with Gasteiger partial charge in [-0.1, -0.05) is 6.92 Å². The van der Waals surface area contributed by atoms with Crippen LogP contribution in [0, 0.1) is 11.7 Å². The van der Waals surface area contributed by atoms with E-state index >= 15 is 0 Å². The maximum Gasteiger partial charge on any atom is 0.179 e. The highest BCUT2D eigenvalue weighted by Gasteiger charge is 2.19. The summed E-state index contributed by atoms with van der Waals surface area (Å²) >= 11 is 7.35. The molecular weight excluding hydrogens is 288 g/mol. The first-order chi connectivity index (χ1) is 9.52. The summed E-state index contributed by atoms with van der Waals surface area (Å²) in [7, 11) is 1.98. The van der Waals surface area contributed by atoms with Crippen molar-refractivity contribution in [2.45, 2.75) is 33.2 Å². The summed E-state index contributed by atoms with van der Waals surface area (Å²) in [6, 6.07) is 4.56. The van der Waals surface area contributed by atoms with Crippen molar-refractivity contribution in [3.8, 4) is 0 Å². The summed E-state index contributed by atoms with van der Waals surface area (Å²) < 4.78 is 4.86. The molecule has 0 radical (unpaired) electrons. The minimum Gasteiger partial charge on any atom is -0.328 e. The van der Waals surface area contributed by atoms with E-state index in [0.29, 0.717) is 0 Å². The van der Waals surface area contributed by atoms with E-state index in [4.69, 9.17) is 12.2 Å². The van der Waals surface area contributed by atoms with E-state index in [1.807, 2.05) is 23.1 Å². The smallest absolute Gasteiger partial charge is 0.179 e. The Labute approximate surface area is 127 Å². The van der Waals surface area contributed by atoms with Gasteiger partial charge in [-0.2, -0.15) is 5.10 Å². The Bertz CT molecular complexity index is 818. The van der Waals surface area contributed by atoms with Crippen molar-refractivity contribution in [2.75, 3.05) is 0 Å². The van der Waals surface area contributed by atoms with Gasteiger partial charge in [0.15, 0.2) is 10.4 Å². The lowest BCUT2D eigenvalue weighted by Crippen LogP contribution is -2.08. The van der Waals surface area contributed by atoms with E-state index in [0.717, 1.165) is 28.0 Å². The van der Waals surface area contributed by atoms with Crippen LogP contribution >= 0.6 is 23.6 Å². The van der Waals surface area contributed by atoms with E-state index in [2.05, 4.69) is 47.6 Å². The molecule has 0 spiro atoms. The number of aryl methyl sites for hydroxylation is 3. The Morgan fingerprint density at radius 2 is 2.20 bits per heavy atom. The number of aromatic nitrogens is 4. The van der Waals surface area contributed by atoms with Gasteiger partial charge >= 0.3 is 0 Å². The van der Waals surface area contributed by atoms with Gasteiger partial charge in [-0.15, -0.1) is 11.3 Å². The second-order valence-corrected chi connectivity index (χ2v) is 6.75. The predicted octanol–water partition coefficient (Wildman–Crippen LogP) is 3.97. The zero-order valence-electron chi connectivity index (χ0n) is 12.1. The maximum atomic E-state index is 5.53. The molecule has 1 atom stereocenters. The highest BCUT2D eigenvalue weighted by molar-refractivity contribution is 7.71. The third kappa shape index (κ3) is 1.94. The Balaban J connectivity index is 2.23. The lowest BCUT2D eigenvalue weighted by Gasteiger charge is -2.12. The van der Waals surface area contributed by atoms with Gasteiger partial charge in [0.05, 0.1) is 11.7 Å². The van der Waals surface area contributed by atoms with Gasteiger partial charge in [0.1, 0.15) is 5.52 Å². The van der Waals surface area contributed by atoms with E-state index in [-0.39, 0.29) is 6.04 Å². The van der Waals surface area contributed by atoms with Crippen LogP contribution in [0.2, 0.25) is 0 Å². The standard InChI is InChI=1S/C14H18N4S2/c1-5-10-12-13(17(4)16-10)18(14(19)15-12)9(3)11-7-6-8(2)20-11/h6-7,9H,5H2,1-4H3,(H,15,19). The fraction of sp³-hybridized carbons (Fsp3) is 0.429. The molecule has 3 heterocycles. The average molecular weight is 306 g/mol.